The second-order valence-electron chi connectivity index (χ2n) is 5.22. The van der Waals surface area contributed by atoms with E-state index in [0.717, 1.165) is 0 Å². The van der Waals surface area contributed by atoms with E-state index in [0.29, 0.717) is 22.2 Å². The fourth-order valence-electron chi connectivity index (χ4n) is 2.41. The van der Waals surface area contributed by atoms with Gasteiger partial charge in [-0.1, -0.05) is 41.9 Å². The number of nitro benzene ring substituents is 1. The molecule has 0 fully saturated rings. The molecule has 0 unspecified atom stereocenters. The van der Waals surface area contributed by atoms with E-state index in [1.807, 2.05) is 0 Å². The van der Waals surface area contributed by atoms with E-state index >= 15 is 0 Å². The molecule has 1 heterocycles. The Morgan fingerprint density at radius 3 is 2.64 bits per heavy atom. The summed E-state index contributed by atoms with van der Waals surface area (Å²) in [6, 6.07) is 12.8. The number of carboxylic acids is 1. The summed E-state index contributed by atoms with van der Waals surface area (Å²) < 4.78 is 0. The van der Waals surface area contributed by atoms with Gasteiger partial charge in [0.25, 0.3) is 5.69 Å². The van der Waals surface area contributed by atoms with Crippen molar-refractivity contribution in [1.29, 1.82) is 0 Å². The van der Waals surface area contributed by atoms with Gasteiger partial charge < -0.3 is 5.11 Å². The van der Waals surface area contributed by atoms with Crippen LogP contribution in [0.3, 0.4) is 0 Å². The number of para-hydroxylation sites is 1. The Morgan fingerprint density at radius 2 is 1.92 bits per heavy atom. The number of hydrogen-bond donors (Lipinski definition) is 1. The van der Waals surface area contributed by atoms with Gasteiger partial charge in [0.1, 0.15) is 5.02 Å². The molecule has 0 radical (unpaired) electrons. The van der Waals surface area contributed by atoms with E-state index in [-0.39, 0.29) is 16.3 Å². The van der Waals surface area contributed by atoms with Gasteiger partial charge in [-0.15, -0.1) is 0 Å². The third-order valence-corrected chi connectivity index (χ3v) is 3.90. The van der Waals surface area contributed by atoms with Gasteiger partial charge in [-0.3, -0.25) is 10.1 Å². The summed E-state index contributed by atoms with van der Waals surface area (Å²) in [5, 5.41) is 20.9. The zero-order valence-electron chi connectivity index (χ0n) is 12.7. The minimum Gasteiger partial charge on any atom is -0.478 e. The van der Waals surface area contributed by atoms with Crippen molar-refractivity contribution in [3.05, 3.63) is 80.5 Å². The van der Waals surface area contributed by atoms with E-state index in [2.05, 4.69) is 4.98 Å². The summed E-state index contributed by atoms with van der Waals surface area (Å²) in [6.45, 7) is 0. The standard InChI is InChI=1S/C18H11ClN2O4/c19-15-8-6-11(9-17(15)21(24)25)5-7-12-10-14(18(22)23)13-3-1-2-4-16(13)20-12/h1-10H,(H,22,23). The highest BCUT2D eigenvalue weighted by atomic mass is 35.5. The molecule has 7 heteroatoms. The molecule has 0 saturated carbocycles. The first-order valence-electron chi connectivity index (χ1n) is 7.21. The van der Waals surface area contributed by atoms with Gasteiger partial charge in [0.05, 0.1) is 21.7 Å². The largest absolute Gasteiger partial charge is 0.478 e. The van der Waals surface area contributed by atoms with Crippen LogP contribution in [0.25, 0.3) is 23.1 Å². The Hall–Kier alpha value is -3.25. The number of benzene rings is 2. The topological polar surface area (TPSA) is 93.3 Å². The predicted molar refractivity (Wildman–Crippen MR) is 95.7 cm³/mol. The van der Waals surface area contributed by atoms with Gasteiger partial charge in [0.2, 0.25) is 0 Å². The van der Waals surface area contributed by atoms with Crippen LogP contribution in [0.4, 0.5) is 5.69 Å². The molecular weight excluding hydrogens is 344 g/mol. The molecule has 25 heavy (non-hydrogen) atoms. The number of fused-ring (bicyclic) bond motifs is 1. The molecule has 0 atom stereocenters. The van der Waals surface area contributed by atoms with Crippen LogP contribution >= 0.6 is 11.6 Å². The van der Waals surface area contributed by atoms with Gasteiger partial charge in [-0.2, -0.15) is 0 Å². The fourth-order valence-corrected chi connectivity index (χ4v) is 2.60. The van der Waals surface area contributed by atoms with Crippen LogP contribution in [0.2, 0.25) is 5.02 Å². The predicted octanol–water partition coefficient (Wildman–Crippen LogP) is 4.67. The minimum atomic E-state index is -1.05. The molecular formula is C18H11ClN2O4. The molecule has 0 bridgehead atoms. The van der Waals surface area contributed by atoms with E-state index in [9.17, 15) is 20.0 Å². The molecule has 124 valence electrons. The average Bonchev–Trinajstić information content (AvgIpc) is 2.59. The molecule has 1 N–H and O–H groups in total. The SMILES string of the molecule is O=C(O)c1cc(C=Cc2ccc(Cl)c([N+](=O)[O-])c2)nc2ccccc12. The first kappa shape index (κ1) is 16.6. The second-order valence-corrected chi connectivity index (χ2v) is 5.63. The maximum absolute atomic E-state index is 11.5. The number of carbonyl (C=O) groups is 1. The normalized spacial score (nSPS) is 11.1. The lowest BCUT2D eigenvalue weighted by atomic mass is 10.1. The number of nitrogens with zero attached hydrogens (tertiary/aromatic N) is 2. The fraction of sp³-hybridized carbons (Fsp3) is 0. The van der Waals surface area contributed by atoms with Gasteiger partial charge in [-0.05, 0) is 29.8 Å². The number of rotatable bonds is 4. The molecule has 0 aliphatic carbocycles. The van der Waals surface area contributed by atoms with Crippen LogP contribution in [0.15, 0.2) is 48.5 Å². The van der Waals surface area contributed by atoms with E-state index in [1.165, 1.54) is 18.2 Å². The Labute approximate surface area is 147 Å². The monoisotopic (exact) mass is 354 g/mol. The summed E-state index contributed by atoms with van der Waals surface area (Å²) in [4.78, 5) is 26.2. The van der Waals surface area contributed by atoms with Crippen molar-refractivity contribution in [3.8, 4) is 0 Å². The summed E-state index contributed by atoms with van der Waals surface area (Å²) in [5.41, 5.74) is 1.51. The van der Waals surface area contributed by atoms with Crippen molar-refractivity contribution < 1.29 is 14.8 Å². The van der Waals surface area contributed by atoms with Crippen LogP contribution in [-0.4, -0.2) is 21.0 Å². The average molecular weight is 355 g/mol. The van der Waals surface area contributed by atoms with Crippen molar-refractivity contribution in [3.63, 3.8) is 0 Å². The first-order valence-corrected chi connectivity index (χ1v) is 7.58. The van der Waals surface area contributed by atoms with E-state index in [1.54, 1.807) is 42.5 Å². The Kier molecular flexibility index (Phi) is 4.45. The number of aromatic carboxylic acids is 1. The molecule has 6 nitrogen and oxygen atoms in total. The van der Waals surface area contributed by atoms with Crippen LogP contribution in [-0.2, 0) is 0 Å². The molecule has 1 aromatic heterocycles. The summed E-state index contributed by atoms with van der Waals surface area (Å²) in [7, 11) is 0. The molecule has 0 saturated heterocycles. The van der Waals surface area contributed by atoms with Crippen molar-refractivity contribution >= 4 is 46.3 Å². The third-order valence-electron chi connectivity index (χ3n) is 3.58. The second kappa shape index (κ2) is 6.70. The van der Waals surface area contributed by atoms with E-state index in [4.69, 9.17) is 11.6 Å². The number of aromatic nitrogens is 1. The summed E-state index contributed by atoms with van der Waals surface area (Å²) in [5.74, 6) is -1.05. The number of pyridine rings is 1. The molecule has 0 aliphatic rings. The van der Waals surface area contributed by atoms with Crippen molar-refractivity contribution in [2.75, 3.05) is 0 Å². The maximum Gasteiger partial charge on any atom is 0.336 e. The highest BCUT2D eigenvalue weighted by Gasteiger charge is 2.12. The zero-order chi connectivity index (χ0) is 18.0. The lowest BCUT2D eigenvalue weighted by Crippen LogP contribution is -2.00. The first-order chi connectivity index (χ1) is 12.0. The van der Waals surface area contributed by atoms with Gasteiger partial charge in [0.15, 0.2) is 0 Å². The lowest BCUT2D eigenvalue weighted by Gasteiger charge is -2.04. The Bertz CT molecular complexity index is 1030. The molecule has 3 aromatic rings. The highest BCUT2D eigenvalue weighted by molar-refractivity contribution is 6.32. The molecule has 2 aromatic carbocycles. The Morgan fingerprint density at radius 1 is 1.16 bits per heavy atom. The summed E-state index contributed by atoms with van der Waals surface area (Å²) in [6.07, 6.45) is 3.22. The van der Waals surface area contributed by atoms with Gasteiger partial charge in [0, 0.05) is 11.5 Å². The van der Waals surface area contributed by atoms with Gasteiger partial charge >= 0.3 is 5.97 Å². The van der Waals surface area contributed by atoms with E-state index < -0.39 is 10.9 Å². The van der Waals surface area contributed by atoms with Crippen molar-refractivity contribution in [2.24, 2.45) is 0 Å². The Balaban J connectivity index is 2.03. The zero-order valence-corrected chi connectivity index (χ0v) is 13.5. The number of halogens is 1. The molecule has 0 spiro atoms. The van der Waals surface area contributed by atoms with Crippen molar-refractivity contribution in [1.82, 2.24) is 4.98 Å². The molecule has 0 aliphatic heterocycles. The highest BCUT2D eigenvalue weighted by Crippen LogP contribution is 2.26. The van der Waals surface area contributed by atoms with Crippen LogP contribution < -0.4 is 0 Å². The molecule has 0 amide bonds. The van der Waals surface area contributed by atoms with Crippen LogP contribution in [0, 0.1) is 10.1 Å². The quantitative estimate of drug-likeness (QED) is 0.543. The molecule has 3 rings (SSSR count). The maximum atomic E-state index is 11.5. The number of hydrogen-bond acceptors (Lipinski definition) is 4. The van der Waals surface area contributed by atoms with Crippen molar-refractivity contribution in [2.45, 2.75) is 0 Å². The minimum absolute atomic E-state index is 0.0548. The summed E-state index contributed by atoms with van der Waals surface area (Å²) >= 11 is 5.79. The van der Waals surface area contributed by atoms with Gasteiger partial charge in [-0.25, -0.2) is 9.78 Å². The third kappa shape index (κ3) is 3.49. The van der Waals surface area contributed by atoms with Crippen LogP contribution in [0.5, 0.6) is 0 Å². The smallest absolute Gasteiger partial charge is 0.336 e. The van der Waals surface area contributed by atoms with Crippen LogP contribution in [0.1, 0.15) is 21.6 Å². The number of carboxylic acid groups (broad SMARTS) is 1. The number of nitro groups is 1. The lowest BCUT2D eigenvalue weighted by molar-refractivity contribution is -0.384.